The normalized spacial score (nSPS) is 49.2. The Hall–Kier alpha value is 0.790. The number of hydrogen-bond donors (Lipinski definition) is 0. The van der Waals surface area contributed by atoms with Crippen LogP contribution in [-0.2, 0) is 0 Å². The average Bonchev–Trinajstić information content (AvgIpc) is 1.54. The van der Waals surface area contributed by atoms with Crippen LogP contribution in [0.15, 0.2) is 0 Å². The molecule has 0 amide bonds. The molecule has 0 heterocycles. The van der Waals surface area contributed by atoms with E-state index in [4.69, 9.17) is 0 Å². The molecule has 0 N–H and O–H groups in total. The molecule has 0 nitrogen and oxygen atoms in total. The summed E-state index contributed by atoms with van der Waals surface area (Å²) in [6, 6.07) is 0. The third kappa shape index (κ3) is 2.44. The molecule has 0 saturated heterocycles. The Labute approximate surface area is 66.7 Å². The van der Waals surface area contributed by atoms with Gasteiger partial charge in [0, 0.05) is 0 Å². The van der Waals surface area contributed by atoms with Crippen molar-refractivity contribution in [1.82, 2.24) is 0 Å². The van der Waals surface area contributed by atoms with Crippen LogP contribution < -0.4 is 0 Å². The number of alkyl halides is 1. The molecule has 5 unspecified atom stereocenters. The van der Waals surface area contributed by atoms with Crippen molar-refractivity contribution in [3.63, 3.8) is 0 Å². The van der Waals surface area contributed by atoms with Crippen LogP contribution in [0.5, 0.6) is 0 Å². The zero-order valence-corrected chi connectivity index (χ0v) is 8.62. The van der Waals surface area contributed by atoms with Gasteiger partial charge >= 0.3 is 0 Å². The van der Waals surface area contributed by atoms with Crippen LogP contribution in [0.2, 0.25) is 0 Å². The van der Waals surface area contributed by atoms with Crippen LogP contribution in [0.4, 0.5) is 4.39 Å². The minimum absolute atomic E-state index is 0.143. The molecule has 5 atom stereocenters. The van der Waals surface area contributed by atoms with Crippen molar-refractivity contribution < 1.29 is 4.39 Å². The predicted molar refractivity (Wildman–Crippen MR) is 50.4 cm³/mol. The number of hydrogen-bond acceptors (Lipinski definition) is 0. The molecular formula is C7H15FP2. The quantitative estimate of drug-likeness (QED) is 0.502. The fraction of sp³-hybridized carbons (Fsp3) is 1.00. The van der Waals surface area contributed by atoms with Crippen molar-refractivity contribution in [3.05, 3.63) is 0 Å². The minimum Gasteiger partial charge on any atom is -0.247 e. The van der Waals surface area contributed by atoms with E-state index in [0.717, 1.165) is 12.8 Å². The smallest absolute Gasteiger partial charge is 0.102 e. The Morgan fingerprint density at radius 1 is 1.50 bits per heavy atom. The van der Waals surface area contributed by atoms with Crippen molar-refractivity contribution in [1.29, 1.82) is 0 Å². The van der Waals surface area contributed by atoms with Crippen molar-refractivity contribution >= 4 is 18.5 Å². The highest BCUT2D eigenvalue weighted by Crippen LogP contribution is 2.39. The SMILES string of the molecule is CC1(P)CC(F)CC(P)C1. The highest BCUT2D eigenvalue weighted by molar-refractivity contribution is 7.19. The lowest BCUT2D eigenvalue weighted by Crippen LogP contribution is -2.32. The van der Waals surface area contributed by atoms with Crippen LogP contribution in [0.25, 0.3) is 0 Å². The Bertz CT molecular complexity index is 113. The molecule has 3 heteroatoms. The van der Waals surface area contributed by atoms with Crippen LogP contribution in [-0.4, -0.2) is 17.0 Å². The van der Waals surface area contributed by atoms with E-state index in [-0.39, 0.29) is 5.16 Å². The van der Waals surface area contributed by atoms with E-state index in [1.165, 1.54) is 0 Å². The summed E-state index contributed by atoms with van der Waals surface area (Å²) in [5.74, 6) is 0. The van der Waals surface area contributed by atoms with E-state index in [1.807, 2.05) is 0 Å². The van der Waals surface area contributed by atoms with Gasteiger partial charge in [0.05, 0.1) is 0 Å². The fourth-order valence-corrected chi connectivity index (χ4v) is 3.35. The molecule has 1 saturated carbocycles. The summed E-state index contributed by atoms with van der Waals surface area (Å²) < 4.78 is 12.9. The first-order valence-corrected chi connectivity index (χ1v) is 4.92. The largest absolute Gasteiger partial charge is 0.247 e. The van der Waals surface area contributed by atoms with Crippen LogP contribution in [0.3, 0.4) is 0 Å². The maximum absolute atomic E-state index is 12.9. The molecule has 60 valence electrons. The van der Waals surface area contributed by atoms with Gasteiger partial charge in [0.25, 0.3) is 0 Å². The minimum atomic E-state index is -0.584. The Kier molecular flexibility index (Phi) is 2.69. The second kappa shape index (κ2) is 3.03. The van der Waals surface area contributed by atoms with Gasteiger partial charge in [-0.1, -0.05) is 6.92 Å². The number of rotatable bonds is 0. The lowest BCUT2D eigenvalue weighted by atomic mass is 9.88. The van der Waals surface area contributed by atoms with Crippen molar-refractivity contribution in [2.24, 2.45) is 0 Å². The Balaban J connectivity index is 2.51. The molecule has 0 aromatic carbocycles. The van der Waals surface area contributed by atoms with Crippen molar-refractivity contribution in [2.45, 2.75) is 43.2 Å². The summed E-state index contributed by atoms with van der Waals surface area (Å²) in [5, 5.41) is 0.143. The second-order valence-corrected chi connectivity index (χ2v) is 5.99. The van der Waals surface area contributed by atoms with Gasteiger partial charge in [-0.25, -0.2) is 4.39 Å². The lowest BCUT2D eigenvalue weighted by Gasteiger charge is -2.35. The first kappa shape index (κ1) is 8.88. The maximum atomic E-state index is 12.9. The van der Waals surface area contributed by atoms with E-state index in [0.29, 0.717) is 12.1 Å². The maximum Gasteiger partial charge on any atom is 0.102 e. The Morgan fingerprint density at radius 2 is 2.10 bits per heavy atom. The summed E-state index contributed by atoms with van der Waals surface area (Å²) in [5.41, 5.74) is 0.478. The number of halogens is 1. The van der Waals surface area contributed by atoms with Gasteiger partial charge in [-0.2, -0.15) is 0 Å². The Morgan fingerprint density at radius 3 is 2.50 bits per heavy atom. The summed E-state index contributed by atoms with van der Waals surface area (Å²) in [4.78, 5) is 0. The van der Waals surface area contributed by atoms with Gasteiger partial charge in [-0.05, 0) is 30.1 Å². The third-order valence-corrected chi connectivity index (χ3v) is 2.95. The molecule has 0 spiro atoms. The first-order valence-electron chi connectivity index (χ1n) is 3.68. The lowest BCUT2D eigenvalue weighted by molar-refractivity contribution is 0.228. The van der Waals surface area contributed by atoms with E-state index in [1.54, 1.807) is 0 Å². The molecule has 0 aromatic heterocycles. The highest BCUT2D eigenvalue weighted by Gasteiger charge is 2.31. The van der Waals surface area contributed by atoms with E-state index < -0.39 is 6.17 Å². The third-order valence-electron chi connectivity index (χ3n) is 1.97. The predicted octanol–water partition coefficient (Wildman–Crippen LogP) is 2.39. The first-order chi connectivity index (χ1) is 4.49. The van der Waals surface area contributed by atoms with Gasteiger partial charge < -0.3 is 0 Å². The van der Waals surface area contributed by atoms with Gasteiger partial charge in [0.15, 0.2) is 0 Å². The van der Waals surface area contributed by atoms with E-state index >= 15 is 0 Å². The van der Waals surface area contributed by atoms with Gasteiger partial charge in [0.1, 0.15) is 6.17 Å². The summed E-state index contributed by atoms with van der Waals surface area (Å²) >= 11 is 0. The average molecular weight is 180 g/mol. The van der Waals surface area contributed by atoms with Crippen molar-refractivity contribution in [3.8, 4) is 0 Å². The molecule has 1 aliphatic rings. The standard InChI is InChI=1S/C7H15FP2/c1-7(10)3-5(8)2-6(9)4-7/h5-6H,2-4,9-10H2,1H3. The molecule has 0 aliphatic heterocycles. The molecule has 1 rings (SSSR count). The molecule has 0 bridgehead atoms. The summed E-state index contributed by atoms with van der Waals surface area (Å²) in [6.45, 7) is 2.11. The van der Waals surface area contributed by atoms with E-state index in [2.05, 4.69) is 25.4 Å². The fourth-order valence-electron chi connectivity index (χ4n) is 1.68. The highest BCUT2D eigenvalue weighted by atomic mass is 31.0. The zero-order chi connectivity index (χ0) is 7.78. The van der Waals surface area contributed by atoms with Crippen LogP contribution >= 0.6 is 18.5 Å². The van der Waals surface area contributed by atoms with Crippen LogP contribution in [0.1, 0.15) is 26.2 Å². The van der Waals surface area contributed by atoms with Crippen molar-refractivity contribution in [2.75, 3.05) is 0 Å². The molecular weight excluding hydrogens is 165 g/mol. The molecule has 1 fully saturated rings. The van der Waals surface area contributed by atoms with Gasteiger partial charge in [0.2, 0.25) is 0 Å². The van der Waals surface area contributed by atoms with Crippen LogP contribution in [0, 0.1) is 0 Å². The summed E-state index contributed by atoms with van der Waals surface area (Å²) in [6.07, 6.45) is 1.97. The second-order valence-electron chi connectivity index (χ2n) is 3.66. The van der Waals surface area contributed by atoms with Gasteiger partial charge in [-0.3, -0.25) is 0 Å². The monoisotopic (exact) mass is 180 g/mol. The van der Waals surface area contributed by atoms with Gasteiger partial charge in [-0.15, -0.1) is 18.5 Å². The molecule has 10 heavy (non-hydrogen) atoms. The molecule has 1 aliphatic carbocycles. The topological polar surface area (TPSA) is 0 Å². The zero-order valence-electron chi connectivity index (χ0n) is 6.31. The van der Waals surface area contributed by atoms with E-state index in [9.17, 15) is 4.39 Å². The summed E-state index contributed by atoms with van der Waals surface area (Å²) in [7, 11) is 5.48. The molecule has 0 radical (unpaired) electrons. The molecule has 0 aromatic rings.